The highest BCUT2D eigenvalue weighted by Crippen LogP contribution is 2.48. The van der Waals surface area contributed by atoms with Gasteiger partial charge in [-0.1, -0.05) is 163 Å². The minimum Gasteiger partial charge on any atom is -0.311 e. The second-order valence-corrected chi connectivity index (χ2v) is 19.9. The fourth-order valence-electron chi connectivity index (χ4n) is 10.4. The molecule has 0 spiro atoms. The second-order valence-electron chi connectivity index (χ2n) is 19.9. The first-order valence-electron chi connectivity index (χ1n) is 22.4. The number of fused-ring (bicyclic) bond motifs is 8. The van der Waals surface area contributed by atoms with E-state index in [0.717, 1.165) is 11.4 Å². The number of nitrogens with zero attached hydrogens (tertiary/aromatic N) is 2. The Bertz CT molecular complexity index is 3310. The number of anilines is 6. The molecule has 0 radical (unpaired) electrons. The van der Waals surface area contributed by atoms with Gasteiger partial charge in [-0.05, 0) is 159 Å². The number of hydrogen-bond donors (Lipinski definition) is 0. The van der Waals surface area contributed by atoms with Crippen molar-refractivity contribution in [3.8, 4) is 11.1 Å². The zero-order valence-corrected chi connectivity index (χ0v) is 36.9. The third kappa shape index (κ3) is 6.09. The predicted molar refractivity (Wildman–Crippen MR) is 273 cm³/mol. The maximum Gasteiger partial charge on any atom is 0.252 e. The van der Waals surface area contributed by atoms with Crippen LogP contribution in [0.2, 0.25) is 0 Å². The van der Waals surface area contributed by atoms with Gasteiger partial charge < -0.3 is 9.80 Å². The summed E-state index contributed by atoms with van der Waals surface area (Å²) in [6.07, 6.45) is 0. The standard InChI is InChI=1S/C60H49BN2/c1-59(2,3)48-21-25-50(26-22-48)62-54-34-42-17-11-9-15-40(42)32-52(54)61-53-33-41-16-10-12-18-43(41)35-55(53)63(51-27-23-49(24-28-51)60(4,5)6)57-37-47(36-56(62)58(57)61)45-20-19-44-29-38-13-7-8-14-39(38)30-46(44)31-45/h7-37H,1-6H3. The summed E-state index contributed by atoms with van der Waals surface area (Å²) in [5, 5.41) is 10.0. The van der Waals surface area contributed by atoms with Crippen molar-refractivity contribution in [3.05, 3.63) is 199 Å². The van der Waals surface area contributed by atoms with E-state index >= 15 is 0 Å². The van der Waals surface area contributed by atoms with Gasteiger partial charge in [-0.2, -0.15) is 0 Å². The quantitative estimate of drug-likeness (QED) is 0.130. The first-order chi connectivity index (χ1) is 30.5. The summed E-state index contributed by atoms with van der Waals surface area (Å²) in [4.78, 5) is 5.13. The predicted octanol–water partition coefficient (Wildman–Crippen LogP) is 14.6. The molecule has 10 aromatic rings. The van der Waals surface area contributed by atoms with E-state index in [4.69, 9.17) is 0 Å². The Labute approximate surface area is 371 Å². The zero-order chi connectivity index (χ0) is 42.8. The molecule has 0 saturated heterocycles. The van der Waals surface area contributed by atoms with E-state index < -0.39 is 0 Å². The molecule has 0 amide bonds. The molecule has 12 rings (SSSR count). The molecule has 2 nitrogen and oxygen atoms in total. The Kier molecular flexibility index (Phi) is 8.19. The van der Waals surface area contributed by atoms with E-state index in [-0.39, 0.29) is 17.5 Å². The molecule has 0 aliphatic carbocycles. The summed E-state index contributed by atoms with van der Waals surface area (Å²) < 4.78 is 0. The van der Waals surface area contributed by atoms with Crippen molar-refractivity contribution >= 4 is 100 Å². The van der Waals surface area contributed by atoms with Crippen molar-refractivity contribution in [1.82, 2.24) is 0 Å². The van der Waals surface area contributed by atoms with E-state index in [1.54, 1.807) is 0 Å². The van der Waals surface area contributed by atoms with Gasteiger partial charge in [-0.15, -0.1) is 0 Å². The summed E-state index contributed by atoms with van der Waals surface area (Å²) in [6.45, 7) is 13.8. The monoisotopic (exact) mass is 808 g/mol. The molecule has 10 aromatic carbocycles. The summed E-state index contributed by atoms with van der Waals surface area (Å²) >= 11 is 0. The molecule has 0 aromatic heterocycles. The second kappa shape index (κ2) is 13.7. The van der Waals surface area contributed by atoms with Crippen LogP contribution in [-0.2, 0) is 10.8 Å². The molecular formula is C60H49BN2. The van der Waals surface area contributed by atoms with Crippen molar-refractivity contribution in [2.75, 3.05) is 9.80 Å². The van der Waals surface area contributed by atoms with Crippen molar-refractivity contribution < 1.29 is 0 Å². The molecule has 0 fully saturated rings. The number of hydrogen-bond acceptors (Lipinski definition) is 2. The lowest BCUT2D eigenvalue weighted by Crippen LogP contribution is -2.61. The van der Waals surface area contributed by atoms with Crippen LogP contribution in [0.1, 0.15) is 52.7 Å². The van der Waals surface area contributed by atoms with Crippen molar-refractivity contribution in [1.29, 1.82) is 0 Å². The number of benzene rings is 10. The molecule has 0 atom stereocenters. The Morgan fingerprint density at radius 3 is 1.13 bits per heavy atom. The molecule has 2 heterocycles. The van der Waals surface area contributed by atoms with Gasteiger partial charge in [-0.25, -0.2) is 0 Å². The van der Waals surface area contributed by atoms with Gasteiger partial charge in [0.25, 0.3) is 6.71 Å². The molecule has 63 heavy (non-hydrogen) atoms. The fourth-order valence-corrected chi connectivity index (χ4v) is 10.4. The van der Waals surface area contributed by atoms with Crippen LogP contribution in [-0.4, -0.2) is 6.71 Å². The average Bonchev–Trinajstić information content (AvgIpc) is 3.29. The first-order valence-corrected chi connectivity index (χ1v) is 22.4. The third-order valence-electron chi connectivity index (χ3n) is 13.8. The van der Waals surface area contributed by atoms with Crippen LogP contribution in [0.4, 0.5) is 34.1 Å². The lowest BCUT2D eigenvalue weighted by Gasteiger charge is -2.45. The van der Waals surface area contributed by atoms with Crippen molar-refractivity contribution in [2.45, 2.75) is 52.4 Å². The molecule has 0 unspecified atom stereocenters. The Morgan fingerprint density at radius 2 is 0.698 bits per heavy atom. The highest BCUT2D eigenvalue weighted by atomic mass is 15.2. The lowest BCUT2D eigenvalue weighted by atomic mass is 9.33. The van der Waals surface area contributed by atoms with Gasteiger partial charge in [0.2, 0.25) is 0 Å². The van der Waals surface area contributed by atoms with Gasteiger partial charge in [0.1, 0.15) is 0 Å². The summed E-state index contributed by atoms with van der Waals surface area (Å²) in [5.41, 5.74) is 16.3. The number of rotatable bonds is 3. The smallest absolute Gasteiger partial charge is 0.252 e. The zero-order valence-electron chi connectivity index (χ0n) is 36.9. The molecule has 2 aliphatic heterocycles. The largest absolute Gasteiger partial charge is 0.311 e. The Hall–Kier alpha value is -7.10. The normalized spacial score (nSPS) is 13.5. The third-order valence-corrected chi connectivity index (χ3v) is 13.8. The SMILES string of the molecule is CC(C)(C)c1ccc(N2c3cc4ccccc4cc3B3c4cc5ccccc5cc4N(c4ccc(C(C)(C)C)cc4)c4cc(-c5ccc6cc7ccccc7cc6c5)cc2c43)cc1. The van der Waals surface area contributed by atoms with Gasteiger partial charge in [0.05, 0.1) is 0 Å². The Morgan fingerprint density at radius 1 is 0.317 bits per heavy atom. The summed E-state index contributed by atoms with van der Waals surface area (Å²) in [7, 11) is 0. The van der Waals surface area contributed by atoms with Gasteiger partial charge in [-0.3, -0.25) is 0 Å². The summed E-state index contributed by atoms with van der Waals surface area (Å²) in [5.74, 6) is 0. The maximum absolute atomic E-state index is 2.56. The van der Waals surface area contributed by atoms with Crippen LogP contribution >= 0.6 is 0 Å². The van der Waals surface area contributed by atoms with Gasteiger partial charge >= 0.3 is 0 Å². The van der Waals surface area contributed by atoms with Gasteiger partial charge in [0, 0.05) is 34.1 Å². The molecule has 302 valence electrons. The topological polar surface area (TPSA) is 6.48 Å². The highest BCUT2D eigenvalue weighted by molar-refractivity contribution is 7.00. The van der Waals surface area contributed by atoms with Crippen LogP contribution < -0.4 is 26.2 Å². The van der Waals surface area contributed by atoms with Crippen LogP contribution in [0.25, 0.3) is 54.2 Å². The molecule has 0 bridgehead atoms. The molecule has 0 saturated carbocycles. The maximum atomic E-state index is 2.56. The molecule has 3 heteroatoms. The van der Waals surface area contributed by atoms with E-state index in [1.807, 2.05) is 0 Å². The van der Waals surface area contributed by atoms with E-state index in [0.29, 0.717) is 0 Å². The minimum absolute atomic E-state index is 0.00132. The summed E-state index contributed by atoms with van der Waals surface area (Å²) in [6, 6.07) is 71.6. The minimum atomic E-state index is 0.00132. The van der Waals surface area contributed by atoms with Gasteiger partial charge in [0.15, 0.2) is 0 Å². The van der Waals surface area contributed by atoms with Crippen LogP contribution in [0, 0.1) is 0 Å². The van der Waals surface area contributed by atoms with E-state index in [9.17, 15) is 0 Å². The molecular weight excluding hydrogens is 759 g/mol. The van der Waals surface area contributed by atoms with E-state index in [2.05, 4.69) is 239 Å². The van der Waals surface area contributed by atoms with Crippen LogP contribution in [0.5, 0.6) is 0 Å². The van der Waals surface area contributed by atoms with Crippen molar-refractivity contribution in [2.24, 2.45) is 0 Å². The van der Waals surface area contributed by atoms with Crippen LogP contribution in [0.15, 0.2) is 188 Å². The first kappa shape index (κ1) is 37.6. The average molecular weight is 809 g/mol. The van der Waals surface area contributed by atoms with Crippen LogP contribution in [0.3, 0.4) is 0 Å². The van der Waals surface area contributed by atoms with Crippen molar-refractivity contribution in [3.63, 3.8) is 0 Å². The van der Waals surface area contributed by atoms with E-state index in [1.165, 1.54) is 104 Å². The highest BCUT2D eigenvalue weighted by Gasteiger charge is 2.44. The Balaban J connectivity index is 1.20. The lowest BCUT2D eigenvalue weighted by molar-refractivity contribution is 0.590. The fraction of sp³-hybridized carbons (Fsp3) is 0.133. The molecule has 2 aliphatic rings. The molecule has 0 N–H and O–H groups in total.